The summed E-state index contributed by atoms with van der Waals surface area (Å²) in [5, 5.41) is 179. The normalized spacial score (nSPS) is 34.4. The molecule has 6 saturated heterocycles. The van der Waals surface area contributed by atoms with Crippen molar-refractivity contribution in [1.82, 2.24) is 52.8 Å². The average Bonchev–Trinajstić information content (AvgIpc) is 1.46. The molecule has 6 heterocycles. The van der Waals surface area contributed by atoms with Crippen molar-refractivity contribution in [2.24, 2.45) is 0 Å². The molecule has 100 heavy (non-hydrogen) atoms. The molecule has 25 atom stereocenters. The number of guanidine groups is 2. The number of amides is 5. The summed E-state index contributed by atoms with van der Waals surface area (Å²) < 4.78 is 34.2. The van der Waals surface area contributed by atoms with E-state index in [1.807, 2.05) is 0 Å². The molecule has 38 nitrogen and oxygen atoms in total. The summed E-state index contributed by atoms with van der Waals surface area (Å²) in [7, 11) is 0. The zero-order valence-corrected chi connectivity index (χ0v) is 53.4. The molecule has 6 aliphatic rings. The van der Waals surface area contributed by atoms with Gasteiger partial charge in [-0.2, -0.15) is 0 Å². The molecule has 0 aliphatic carbocycles. The number of aliphatic hydroxyl groups excluding tert-OH is 13. The van der Waals surface area contributed by atoms with Crippen molar-refractivity contribution in [1.29, 1.82) is 10.8 Å². The van der Waals surface area contributed by atoms with Gasteiger partial charge in [-0.3, -0.25) is 54.6 Å². The van der Waals surface area contributed by atoms with Crippen LogP contribution in [0.5, 0.6) is 11.5 Å². The maximum absolute atomic E-state index is 15.0. The molecule has 3 aromatic rings. The van der Waals surface area contributed by atoms with E-state index in [1.54, 1.807) is 55.5 Å². The molecule has 6 fully saturated rings. The average molecular weight is 1410 g/mol. The fraction of sp³-hybridized carbons (Fsp3) is 0.565. The summed E-state index contributed by atoms with van der Waals surface area (Å²) in [6, 6.07) is 10.8. The Balaban J connectivity index is 0.972. The van der Waals surface area contributed by atoms with Gasteiger partial charge < -0.3 is 137 Å². The van der Waals surface area contributed by atoms with Crippen molar-refractivity contribution in [2.75, 3.05) is 46.1 Å². The van der Waals surface area contributed by atoms with Gasteiger partial charge in [0, 0.05) is 18.9 Å². The van der Waals surface area contributed by atoms with Crippen LogP contribution in [0.4, 0.5) is 0 Å². The quantitative estimate of drug-likeness (QED) is 0.0370. The molecule has 3 aromatic carbocycles. The highest BCUT2D eigenvalue weighted by Crippen LogP contribution is 2.32. The van der Waals surface area contributed by atoms with Gasteiger partial charge in [-0.05, 0) is 35.4 Å². The van der Waals surface area contributed by atoms with Crippen molar-refractivity contribution in [3.63, 3.8) is 0 Å². The van der Waals surface area contributed by atoms with Crippen molar-refractivity contribution in [2.45, 2.75) is 172 Å². The number of ether oxygens (including phenoxy) is 6. The zero-order valence-electron chi connectivity index (χ0n) is 53.4. The minimum absolute atomic E-state index is 0.0651. The first-order valence-electron chi connectivity index (χ1n) is 31.9. The molecule has 5 amide bonds. The van der Waals surface area contributed by atoms with E-state index in [0.717, 1.165) is 4.90 Å². The number of benzene rings is 3. The number of hydrogen-bond donors (Lipinski definition) is 24. The number of carbonyl (C=O) groups is 7. The molecule has 6 aliphatic heterocycles. The fourth-order valence-electron chi connectivity index (χ4n) is 12.1. The van der Waals surface area contributed by atoms with E-state index in [9.17, 15) is 95.2 Å². The van der Waals surface area contributed by atoms with Crippen LogP contribution in [0.2, 0.25) is 0 Å². The fourth-order valence-corrected chi connectivity index (χ4v) is 12.1. The number of Topliss-reactive ketones (excluding diaryl/α,β-unsaturated/α-hetero) is 2. The van der Waals surface area contributed by atoms with E-state index < -0.39 is 245 Å². The van der Waals surface area contributed by atoms with Crippen LogP contribution in [0.3, 0.4) is 0 Å². The second-order valence-electron chi connectivity index (χ2n) is 24.7. The van der Waals surface area contributed by atoms with Gasteiger partial charge in [0.1, 0.15) is 140 Å². The minimum atomic E-state index is -2.69. The van der Waals surface area contributed by atoms with E-state index in [2.05, 4.69) is 47.9 Å². The monoisotopic (exact) mass is 1410 g/mol. The van der Waals surface area contributed by atoms with Crippen LogP contribution in [0.25, 0.3) is 0 Å². The third-order valence-electron chi connectivity index (χ3n) is 17.9. The van der Waals surface area contributed by atoms with E-state index in [0.29, 0.717) is 5.56 Å². The number of rotatable bonds is 24. The summed E-state index contributed by atoms with van der Waals surface area (Å²) in [6.07, 6.45) is -33.8. The number of hydrogen-bond acceptors (Lipinski definition) is 29. The number of ketones is 2. The Morgan fingerprint density at radius 2 is 1.20 bits per heavy atom. The topological polar surface area (TPSA) is 597 Å². The van der Waals surface area contributed by atoms with E-state index in [-0.39, 0.29) is 36.1 Å². The van der Waals surface area contributed by atoms with Gasteiger partial charge in [0.05, 0.1) is 45.4 Å². The molecule has 24 N–H and O–H groups in total. The minimum Gasteiger partial charge on any atom is -0.491 e. The zero-order chi connectivity index (χ0) is 72.4. The lowest BCUT2D eigenvalue weighted by atomic mass is 9.92. The van der Waals surface area contributed by atoms with Gasteiger partial charge >= 0.3 is 0 Å². The third kappa shape index (κ3) is 17.7. The summed E-state index contributed by atoms with van der Waals surface area (Å²) in [5.41, 5.74) is 0.723. The van der Waals surface area contributed by atoms with E-state index in [1.165, 1.54) is 36.4 Å². The summed E-state index contributed by atoms with van der Waals surface area (Å²) in [5.74, 6) is -10.1. The molecule has 25 unspecified atom stereocenters. The van der Waals surface area contributed by atoms with Crippen LogP contribution in [0.15, 0.2) is 84.9 Å². The number of carbonyl (C=O) groups excluding carboxylic acids is 7. The second kappa shape index (κ2) is 34.0. The van der Waals surface area contributed by atoms with Gasteiger partial charge in [0.15, 0.2) is 36.0 Å². The summed E-state index contributed by atoms with van der Waals surface area (Å²) in [6.45, 7) is -2.97. The Hall–Kier alpha value is -8.23. The van der Waals surface area contributed by atoms with Gasteiger partial charge in [-0.25, -0.2) is 0 Å². The van der Waals surface area contributed by atoms with E-state index in [4.69, 9.17) is 39.2 Å². The van der Waals surface area contributed by atoms with Crippen LogP contribution in [-0.4, -0.2) is 317 Å². The largest absolute Gasteiger partial charge is 0.491 e. The van der Waals surface area contributed by atoms with Crippen molar-refractivity contribution < 1.29 is 128 Å². The van der Waals surface area contributed by atoms with Crippen LogP contribution in [-0.2, 0) is 58.9 Å². The van der Waals surface area contributed by atoms with Crippen molar-refractivity contribution in [3.8, 4) is 11.5 Å². The molecule has 0 aromatic heterocycles. The first-order valence-corrected chi connectivity index (χ1v) is 31.9. The molecule has 0 saturated carbocycles. The lowest BCUT2D eigenvalue weighted by Gasteiger charge is -2.45. The van der Waals surface area contributed by atoms with Crippen molar-refractivity contribution >= 4 is 53.0 Å². The highest BCUT2D eigenvalue weighted by molar-refractivity contribution is 6.06. The lowest BCUT2D eigenvalue weighted by Crippen LogP contribution is -2.67. The number of nitrogens with one attached hydrogen (secondary N) is 11. The van der Waals surface area contributed by atoms with Gasteiger partial charge in [-0.1, -0.05) is 67.6 Å². The number of aliphatic hydroxyl groups is 13. The maximum atomic E-state index is 15.0. The third-order valence-corrected chi connectivity index (χ3v) is 17.9. The molecular formula is C62H84N12O26. The summed E-state index contributed by atoms with van der Waals surface area (Å²) >= 11 is 0. The highest BCUT2D eigenvalue weighted by Gasteiger charge is 2.53. The van der Waals surface area contributed by atoms with Gasteiger partial charge in [0.25, 0.3) is 0 Å². The Morgan fingerprint density at radius 3 is 1.84 bits per heavy atom. The van der Waals surface area contributed by atoms with Gasteiger partial charge in [0.2, 0.25) is 35.8 Å². The van der Waals surface area contributed by atoms with Crippen LogP contribution in [0.1, 0.15) is 30.4 Å². The van der Waals surface area contributed by atoms with Crippen molar-refractivity contribution in [3.05, 3.63) is 96.1 Å². The van der Waals surface area contributed by atoms with Crippen LogP contribution >= 0.6 is 0 Å². The van der Waals surface area contributed by atoms with Gasteiger partial charge in [-0.15, -0.1) is 0 Å². The highest BCUT2D eigenvalue weighted by atomic mass is 16.7. The predicted octanol–water partition coefficient (Wildman–Crippen LogP) is -11.1. The maximum Gasteiger partial charge on any atom is 0.246 e. The Kier molecular flexibility index (Phi) is 25.8. The lowest BCUT2D eigenvalue weighted by molar-refractivity contribution is -0.352. The molecule has 0 bridgehead atoms. The molecule has 548 valence electrons. The molecule has 0 spiro atoms. The number of para-hydroxylation sites is 1. The molecular weight excluding hydrogens is 1330 g/mol. The Bertz CT molecular complexity index is 3330. The molecule has 38 heteroatoms. The Morgan fingerprint density at radius 1 is 0.600 bits per heavy atom. The first kappa shape index (κ1) is 76.0. The Labute approximate surface area is 569 Å². The van der Waals surface area contributed by atoms with Crippen LogP contribution < -0.4 is 57.3 Å². The number of nitrogens with zero attached hydrogens (tertiary/aromatic N) is 1. The van der Waals surface area contributed by atoms with E-state index >= 15 is 4.79 Å². The summed E-state index contributed by atoms with van der Waals surface area (Å²) in [4.78, 5) is 103. The smallest absolute Gasteiger partial charge is 0.246 e. The second-order valence-corrected chi connectivity index (χ2v) is 24.7. The predicted molar refractivity (Wildman–Crippen MR) is 336 cm³/mol. The SMILES string of the molecule is CC(c1ccccc1)C1NC(=O)CNC(=O)C(C(O)C(=O)CC(=O)C(COc2ccccc2)NC2CNC(=N)N2C2OC(CO)C(O)C(O)C2O)NC(=O)C(C(O)C2CNC(=N)N2)NC(=O)C(Cc2ccc(OC3OC(CO)C(OC4OC(CO)C(O)C(O)C4O)C(O)C3O)cc2)NC1=O. The first-order chi connectivity index (χ1) is 47.7. The molecule has 9 rings (SSSR count). The standard InChI is InChI=1S/C62H84N12O26/c1-25(27-8-4-2-5-9-27)40-56(93)69-30(16-26-12-14-29(15-13-26)96-59-52(90)49(87)53(37(23-77)99-59)100-60-51(89)48(86)46(84)36(22-76)98-60)54(91)72-41(43(81)31-18-66-61(63)70-31)57(94)73-42(55(92)65-20-39(80)71-40)44(82)34(79)17-33(78)32(24-95-28-10-6-3-7-11-28)68-38-19-67-62(64)74(38)58-50(88)47(85)45(83)35(21-75)97-58/h2-15,25,30-32,35-38,40-53,58-60,68,75-77,81-90H,16-24H2,1H3,(H2,64,67)(H,65,92)(H,69,93)(H,71,80)(H,72,91)(H,73,94)(H3,63,66,70). The molecule has 0 radical (unpaired) electrons. The van der Waals surface area contributed by atoms with Crippen LogP contribution in [0, 0.1) is 10.8 Å².